The maximum Gasteiger partial charge on any atom is 0.278 e. The number of carbonyl (C=O) groups excluding carboxylic acids is 1. The normalized spacial score (nSPS) is 11.1. The molecule has 0 aliphatic heterocycles. The van der Waals surface area contributed by atoms with Gasteiger partial charge in [-0.2, -0.15) is 0 Å². The van der Waals surface area contributed by atoms with E-state index in [9.17, 15) is 4.79 Å². The maximum atomic E-state index is 12.6. The molecule has 3 aromatic heterocycles. The van der Waals surface area contributed by atoms with Crippen LogP contribution in [-0.2, 0) is 0 Å². The third-order valence-electron chi connectivity index (χ3n) is 3.25. The van der Waals surface area contributed by atoms with Crippen LogP contribution in [0.5, 0.6) is 0 Å². The van der Waals surface area contributed by atoms with Gasteiger partial charge in [0.1, 0.15) is 6.34 Å². The van der Waals surface area contributed by atoms with Gasteiger partial charge in [0, 0.05) is 24.2 Å². The lowest BCUT2D eigenvalue weighted by Crippen LogP contribution is -2.22. The molecule has 0 unspecified atom stereocenters. The van der Waals surface area contributed by atoms with Crippen LogP contribution in [-0.4, -0.2) is 32.2 Å². The van der Waals surface area contributed by atoms with Crippen molar-refractivity contribution < 1.29 is 4.79 Å². The van der Waals surface area contributed by atoms with E-state index in [1.807, 2.05) is 6.07 Å². The van der Waals surface area contributed by atoms with Crippen molar-refractivity contribution in [2.75, 3.05) is 11.1 Å². The van der Waals surface area contributed by atoms with Crippen LogP contribution in [0.15, 0.2) is 54.0 Å². The van der Waals surface area contributed by atoms with Crippen LogP contribution in [0.3, 0.4) is 0 Å². The fourth-order valence-corrected chi connectivity index (χ4v) is 2.10. The highest BCUT2D eigenvalue weighted by atomic mass is 16.1. The Bertz CT molecular complexity index is 981. The van der Waals surface area contributed by atoms with Gasteiger partial charge in [0.05, 0.1) is 17.6 Å². The number of rotatable bonds is 4. The summed E-state index contributed by atoms with van der Waals surface area (Å²) in [4.78, 5) is 31.6. The fraction of sp³-hybridized carbons (Fsp3) is 0. The molecule has 5 N–H and O–H groups in total. The molecule has 3 aromatic rings. The van der Waals surface area contributed by atoms with Crippen LogP contribution < -0.4 is 16.5 Å². The van der Waals surface area contributed by atoms with Crippen LogP contribution in [0.1, 0.15) is 10.5 Å². The predicted molar refractivity (Wildman–Crippen MR) is 92.8 cm³/mol. The van der Waals surface area contributed by atoms with Gasteiger partial charge >= 0.3 is 0 Å². The molecule has 0 saturated heterocycles. The first-order valence-electron chi connectivity index (χ1n) is 7.24. The van der Waals surface area contributed by atoms with E-state index in [-0.39, 0.29) is 11.5 Å². The lowest BCUT2D eigenvalue weighted by molar-refractivity contribution is 0.102. The van der Waals surface area contributed by atoms with Gasteiger partial charge in [0.2, 0.25) is 0 Å². The molecule has 9 heteroatoms. The molecular formula is C16H14N8O. The molecule has 124 valence electrons. The number of aromatic amines is 1. The third kappa shape index (κ3) is 3.55. The first-order chi connectivity index (χ1) is 12.2. The van der Waals surface area contributed by atoms with E-state index in [1.165, 1.54) is 6.20 Å². The van der Waals surface area contributed by atoms with Crippen molar-refractivity contribution in [2.45, 2.75) is 0 Å². The van der Waals surface area contributed by atoms with Crippen LogP contribution in [0, 0.1) is 5.41 Å². The smallest absolute Gasteiger partial charge is 0.278 e. The van der Waals surface area contributed by atoms with Crippen LogP contribution in [0.4, 0.5) is 11.5 Å². The second-order valence-electron chi connectivity index (χ2n) is 4.88. The molecule has 0 radical (unpaired) electrons. The Morgan fingerprint density at radius 2 is 2.20 bits per heavy atom. The summed E-state index contributed by atoms with van der Waals surface area (Å²) in [5, 5.41) is 9.73. The maximum absolute atomic E-state index is 12.6. The van der Waals surface area contributed by atoms with Gasteiger partial charge in [0.15, 0.2) is 17.0 Å². The van der Waals surface area contributed by atoms with Crippen molar-refractivity contribution >= 4 is 23.8 Å². The van der Waals surface area contributed by atoms with E-state index in [4.69, 9.17) is 11.1 Å². The van der Waals surface area contributed by atoms with Gasteiger partial charge in [0.25, 0.3) is 5.91 Å². The molecule has 0 aliphatic rings. The highest BCUT2D eigenvalue weighted by molar-refractivity contribution is 6.05. The Labute approximate surface area is 142 Å². The Morgan fingerprint density at radius 1 is 1.32 bits per heavy atom. The molecule has 0 atom stereocenters. The second kappa shape index (κ2) is 7.13. The predicted octanol–water partition coefficient (Wildman–Crippen LogP) is 1.21. The number of H-pyrrole nitrogens is 1. The zero-order valence-electron chi connectivity index (χ0n) is 13.0. The van der Waals surface area contributed by atoms with Crippen LogP contribution in [0.2, 0.25) is 0 Å². The van der Waals surface area contributed by atoms with E-state index in [0.29, 0.717) is 16.9 Å². The number of nitrogens with two attached hydrogens (primary N) is 1. The van der Waals surface area contributed by atoms with Crippen molar-refractivity contribution in [3.63, 3.8) is 0 Å². The van der Waals surface area contributed by atoms with E-state index in [2.05, 4.69) is 30.2 Å². The number of amides is 1. The molecule has 0 aliphatic carbocycles. The van der Waals surface area contributed by atoms with Crippen LogP contribution >= 0.6 is 0 Å². The fourth-order valence-electron chi connectivity index (χ4n) is 2.10. The average Bonchev–Trinajstić information content (AvgIpc) is 2.64. The highest BCUT2D eigenvalue weighted by Gasteiger charge is 2.15. The molecular weight excluding hydrogens is 320 g/mol. The molecule has 0 saturated carbocycles. The van der Waals surface area contributed by atoms with E-state index in [1.54, 1.807) is 36.8 Å². The summed E-state index contributed by atoms with van der Waals surface area (Å²) >= 11 is 0. The summed E-state index contributed by atoms with van der Waals surface area (Å²) in [6, 6.07) is 6.91. The summed E-state index contributed by atoms with van der Waals surface area (Å²) in [5.74, 6) is -0.521. The quantitative estimate of drug-likeness (QED) is 0.418. The molecule has 0 bridgehead atoms. The molecule has 25 heavy (non-hydrogen) atoms. The Hall–Kier alpha value is -3.88. The van der Waals surface area contributed by atoms with Crippen molar-refractivity contribution in [2.24, 2.45) is 4.99 Å². The first-order valence-corrected chi connectivity index (χ1v) is 7.24. The number of pyridine rings is 2. The number of nitrogens with zero attached hydrogens (tertiary/aromatic N) is 4. The zero-order chi connectivity index (χ0) is 17.6. The van der Waals surface area contributed by atoms with Crippen LogP contribution in [0.25, 0.3) is 11.3 Å². The van der Waals surface area contributed by atoms with Crippen molar-refractivity contribution in [1.29, 1.82) is 5.41 Å². The number of aromatic nitrogens is 4. The second-order valence-corrected chi connectivity index (χ2v) is 4.88. The number of nitrogens with one attached hydrogen (secondary N) is 3. The highest BCUT2D eigenvalue weighted by Crippen LogP contribution is 2.17. The van der Waals surface area contributed by atoms with Crippen molar-refractivity contribution in [3.05, 3.63) is 60.2 Å². The minimum atomic E-state index is -0.531. The summed E-state index contributed by atoms with van der Waals surface area (Å²) in [5.41, 5.74) is 7.72. The largest absolute Gasteiger partial charge is 0.382 e. The van der Waals surface area contributed by atoms with Gasteiger partial charge < -0.3 is 16.0 Å². The van der Waals surface area contributed by atoms with Crippen molar-refractivity contribution in [3.8, 4) is 11.3 Å². The molecule has 3 heterocycles. The summed E-state index contributed by atoms with van der Waals surface area (Å²) in [7, 11) is 0. The lowest BCUT2D eigenvalue weighted by atomic mass is 10.2. The number of carbonyl (C=O) groups is 1. The van der Waals surface area contributed by atoms with E-state index >= 15 is 0 Å². The monoisotopic (exact) mass is 334 g/mol. The Kier molecular flexibility index (Phi) is 4.56. The van der Waals surface area contributed by atoms with Gasteiger partial charge in [-0.3, -0.25) is 15.2 Å². The Morgan fingerprint density at radius 3 is 2.96 bits per heavy atom. The molecule has 9 nitrogen and oxygen atoms in total. The standard InChI is InChI=1S/C16H14N8O/c17-9-22-15-11(4-2-6-20-15)24-16(25)13-14(18)21-8-12(23-13)10-3-1-5-19-7-10/h1-9H,(H2,18,21)(H,24,25)(H2,17,20,22). The minimum Gasteiger partial charge on any atom is -0.382 e. The average molecular weight is 334 g/mol. The molecule has 3 rings (SSSR count). The van der Waals surface area contributed by atoms with E-state index < -0.39 is 5.91 Å². The number of hydrogen-bond donors (Lipinski definition) is 4. The summed E-state index contributed by atoms with van der Waals surface area (Å²) in [6.07, 6.45) is 7.25. The van der Waals surface area contributed by atoms with Gasteiger partial charge in [-0.25, -0.2) is 15.0 Å². The van der Waals surface area contributed by atoms with Gasteiger partial charge in [-0.1, -0.05) is 0 Å². The minimum absolute atomic E-state index is 0.00832. The molecule has 0 aromatic carbocycles. The van der Waals surface area contributed by atoms with Gasteiger partial charge in [-0.15, -0.1) is 0 Å². The number of anilines is 2. The van der Waals surface area contributed by atoms with Gasteiger partial charge in [-0.05, 0) is 24.3 Å². The Balaban J connectivity index is 1.96. The number of nitrogen functional groups attached to an aromatic ring is 1. The topological polar surface area (TPSA) is 146 Å². The molecule has 0 fully saturated rings. The first kappa shape index (κ1) is 16.0. The van der Waals surface area contributed by atoms with Crippen molar-refractivity contribution in [1.82, 2.24) is 19.9 Å². The molecule has 1 amide bonds. The lowest BCUT2D eigenvalue weighted by Gasteiger charge is -2.08. The van der Waals surface area contributed by atoms with E-state index in [0.717, 1.165) is 11.9 Å². The summed E-state index contributed by atoms with van der Waals surface area (Å²) in [6.45, 7) is 0. The number of hydrogen-bond acceptors (Lipinski definition) is 6. The zero-order valence-corrected chi connectivity index (χ0v) is 13.0. The summed E-state index contributed by atoms with van der Waals surface area (Å²) < 4.78 is 0. The third-order valence-corrected chi connectivity index (χ3v) is 3.25. The SMILES string of the molecule is N=C/N=c1\[nH]cccc1NC(=O)c1nc(-c2cccnc2)cnc1N. The molecule has 0 spiro atoms.